The summed E-state index contributed by atoms with van der Waals surface area (Å²) in [6.07, 6.45) is 0.963. The van der Waals surface area contributed by atoms with Crippen molar-refractivity contribution in [2.75, 3.05) is 13.1 Å². The molecule has 0 heterocycles. The molecule has 0 spiro atoms. The molecule has 0 radical (unpaired) electrons. The van der Waals surface area contributed by atoms with Crippen molar-refractivity contribution in [3.8, 4) is 5.75 Å². The molecule has 1 unspecified atom stereocenters. The van der Waals surface area contributed by atoms with Gasteiger partial charge in [-0.25, -0.2) is 0 Å². The molecule has 0 saturated carbocycles. The number of hydrogen-bond acceptors (Lipinski definition) is 3. The molecular weight excluding hydrogens is 216 g/mol. The van der Waals surface area contributed by atoms with Gasteiger partial charge in [-0.1, -0.05) is 19.1 Å². The van der Waals surface area contributed by atoms with Crippen molar-refractivity contribution in [2.45, 2.75) is 26.3 Å². The Hall–Kier alpha value is -1.55. The lowest BCUT2D eigenvalue weighted by Gasteiger charge is -2.17. The minimum absolute atomic E-state index is 0.00974. The Bertz CT molecular complexity index is 349. The Balaban J connectivity index is 2.43. The minimum Gasteiger partial charge on any atom is -0.508 e. The van der Waals surface area contributed by atoms with E-state index in [-0.39, 0.29) is 17.7 Å². The van der Waals surface area contributed by atoms with Crippen molar-refractivity contribution in [1.82, 2.24) is 10.6 Å². The summed E-state index contributed by atoms with van der Waals surface area (Å²) >= 11 is 0. The molecule has 17 heavy (non-hydrogen) atoms. The van der Waals surface area contributed by atoms with Gasteiger partial charge in [0, 0.05) is 26.1 Å². The first-order valence-electron chi connectivity index (χ1n) is 5.90. The monoisotopic (exact) mass is 236 g/mol. The van der Waals surface area contributed by atoms with Crippen LogP contribution >= 0.6 is 0 Å². The summed E-state index contributed by atoms with van der Waals surface area (Å²) < 4.78 is 0. The molecule has 1 rings (SSSR count). The molecule has 1 atom stereocenters. The highest BCUT2D eigenvalue weighted by molar-refractivity contribution is 5.72. The van der Waals surface area contributed by atoms with E-state index in [9.17, 15) is 9.90 Å². The molecule has 0 saturated heterocycles. The highest BCUT2D eigenvalue weighted by Crippen LogP contribution is 2.18. The van der Waals surface area contributed by atoms with Crippen LogP contribution in [0, 0.1) is 0 Å². The predicted molar refractivity (Wildman–Crippen MR) is 67.8 cm³/mol. The summed E-state index contributed by atoms with van der Waals surface area (Å²) in [5.74, 6) is 0.270. The maximum Gasteiger partial charge on any atom is 0.216 e. The standard InChI is InChI=1S/C13H20N2O2/c1-3-13(15-9-8-14-10(2)16)11-4-6-12(17)7-5-11/h4-7,13,15,17H,3,8-9H2,1-2H3,(H,14,16). The predicted octanol–water partition coefficient (Wildman–Crippen LogP) is 1.57. The molecule has 0 aliphatic heterocycles. The van der Waals surface area contributed by atoms with Crippen molar-refractivity contribution in [3.63, 3.8) is 0 Å². The number of phenolic OH excluding ortho intramolecular Hbond substituents is 1. The van der Waals surface area contributed by atoms with E-state index in [0.717, 1.165) is 18.5 Å². The van der Waals surface area contributed by atoms with Gasteiger partial charge >= 0.3 is 0 Å². The Morgan fingerprint density at radius 1 is 1.29 bits per heavy atom. The molecule has 0 aromatic heterocycles. The molecule has 0 fully saturated rings. The number of phenols is 1. The second kappa shape index (κ2) is 6.91. The Morgan fingerprint density at radius 2 is 1.94 bits per heavy atom. The normalized spacial score (nSPS) is 12.1. The fourth-order valence-corrected chi connectivity index (χ4v) is 1.69. The maximum atomic E-state index is 10.7. The van der Waals surface area contributed by atoms with E-state index in [1.54, 1.807) is 12.1 Å². The van der Waals surface area contributed by atoms with Crippen LogP contribution in [-0.4, -0.2) is 24.1 Å². The van der Waals surface area contributed by atoms with Gasteiger partial charge in [0.25, 0.3) is 0 Å². The van der Waals surface area contributed by atoms with Gasteiger partial charge < -0.3 is 15.7 Å². The molecule has 0 bridgehead atoms. The lowest BCUT2D eigenvalue weighted by molar-refractivity contribution is -0.118. The summed E-state index contributed by atoms with van der Waals surface area (Å²) in [4.78, 5) is 10.7. The molecule has 1 amide bonds. The zero-order valence-corrected chi connectivity index (χ0v) is 10.4. The van der Waals surface area contributed by atoms with Crippen LogP contribution in [0.5, 0.6) is 5.75 Å². The number of carbonyl (C=O) groups excluding carboxylic acids is 1. The average Bonchev–Trinajstić information content (AvgIpc) is 2.30. The zero-order valence-electron chi connectivity index (χ0n) is 10.4. The van der Waals surface area contributed by atoms with Crippen LogP contribution < -0.4 is 10.6 Å². The second-order valence-corrected chi connectivity index (χ2v) is 3.99. The summed E-state index contributed by atoms with van der Waals surface area (Å²) in [7, 11) is 0. The summed E-state index contributed by atoms with van der Waals surface area (Å²) in [6, 6.07) is 7.45. The van der Waals surface area contributed by atoms with E-state index in [1.807, 2.05) is 12.1 Å². The van der Waals surface area contributed by atoms with Gasteiger partial charge in [-0.05, 0) is 24.1 Å². The second-order valence-electron chi connectivity index (χ2n) is 3.99. The van der Waals surface area contributed by atoms with Gasteiger partial charge in [-0.2, -0.15) is 0 Å². The first-order valence-corrected chi connectivity index (χ1v) is 5.90. The van der Waals surface area contributed by atoms with E-state index in [2.05, 4.69) is 17.6 Å². The average molecular weight is 236 g/mol. The van der Waals surface area contributed by atoms with Gasteiger partial charge in [0.15, 0.2) is 0 Å². The van der Waals surface area contributed by atoms with Crippen LogP contribution in [0.3, 0.4) is 0 Å². The van der Waals surface area contributed by atoms with Crippen molar-refractivity contribution < 1.29 is 9.90 Å². The van der Waals surface area contributed by atoms with E-state index in [1.165, 1.54) is 6.92 Å². The highest BCUT2D eigenvalue weighted by atomic mass is 16.3. The van der Waals surface area contributed by atoms with Gasteiger partial charge in [0.1, 0.15) is 5.75 Å². The van der Waals surface area contributed by atoms with E-state index >= 15 is 0 Å². The lowest BCUT2D eigenvalue weighted by atomic mass is 10.0. The number of rotatable bonds is 6. The summed E-state index contributed by atoms with van der Waals surface area (Å²) in [5, 5.41) is 15.3. The third kappa shape index (κ3) is 4.87. The van der Waals surface area contributed by atoms with Gasteiger partial charge in [-0.15, -0.1) is 0 Å². The van der Waals surface area contributed by atoms with Crippen molar-refractivity contribution >= 4 is 5.91 Å². The Morgan fingerprint density at radius 3 is 2.47 bits per heavy atom. The minimum atomic E-state index is -0.00974. The molecule has 4 heteroatoms. The zero-order chi connectivity index (χ0) is 12.7. The maximum absolute atomic E-state index is 10.7. The van der Waals surface area contributed by atoms with E-state index < -0.39 is 0 Å². The van der Waals surface area contributed by atoms with Crippen molar-refractivity contribution in [2.24, 2.45) is 0 Å². The number of hydrogen-bond donors (Lipinski definition) is 3. The Kier molecular flexibility index (Phi) is 5.49. The molecule has 1 aromatic carbocycles. The molecule has 3 N–H and O–H groups in total. The molecule has 4 nitrogen and oxygen atoms in total. The van der Waals surface area contributed by atoms with Crippen LogP contribution in [0.1, 0.15) is 31.9 Å². The molecular formula is C13H20N2O2. The number of benzene rings is 1. The number of carbonyl (C=O) groups is 1. The third-order valence-electron chi connectivity index (χ3n) is 2.59. The number of aromatic hydroxyl groups is 1. The van der Waals surface area contributed by atoms with Crippen molar-refractivity contribution in [3.05, 3.63) is 29.8 Å². The van der Waals surface area contributed by atoms with Crippen LogP contribution in [0.4, 0.5) is 0 Å². The smallest absolute Gasteiger partial charge is 0.216 e. The quantitative estimate of drug-likeness (QED) is 0.657. The van der Waals surface area contributed by atoms with Crippen LogP contribution in [-0.2, 0) is 4.79 Å². The van der Waals surface area contributed by atoms with E-state index in [4.69, 9.17) is 0 Å². The van der Waals surface area contributed by atoms with Gasteiger partial charge in [0.2, 0.25) is 5.91 Å². The molecule has 0 aliphatic rings. The Labute approximate surface area is 102 Å². The highest BCUT2D eigenvalue weighted by Gasteiger charge is 2.07. The summed E-state index contributed by atoms with van der Waals surface area (Å²) in [6.45, 7) is 4.98. The van der Waals surface area contributed by atoms with E-state index in [0.29, 0.717) is 6.54 Å². The number of nitrogens with one attached hydrogen (secondary N) is 2. The fraction of sp³-hybridized carbons (Fsp3) is 0.462. The largest absolute Gasteiger partial charge is 0.508 e. The molecule has 0 aliphatic carbocycles. The number of amides is 1. The van der Waals surface area contributed by atoms with Crippen LogP contribution in [0.2, 0.25) is 0 Å². The topological polar surface area (TPSA) is 61.4 Å². The van der Waals surface area contributed by atoms with Crippen molar-refractivity contribution in [1.29, 1.82) is 0 Å². The van der Waals surface area contributed by atoms with Crippen LogP contribution in [0.25, 0.3) is 0 Å². The van der Waals surface area contributed by atoms with Gasteiger partial charge in [-0.3, -0.25) is 4.79 Å². The van der Waals surface area contributed by atoms with Gasteiger partial charge in [0.05, 0.1) is 0 Å². The molecule has 1 aromatic rings. The molecule has 94 valence electrons. The third-order valence-corrected chi connectivity index (χ3v) is 2.59. The lowest BCUT2D eigenvalue weighted by Crippen LogP contribution is -2.32. The first kappa shape index (κ1) is 13.5. The fourth-order valence-electron chi connectivity index (χ4n) is 1.69. The first-order chi connectivity index (χ1) is 8.13. The van der Waals surface area contributed by atoms with Crippen LogP contribution in [0.15, 0.2) is 24.3 Å². The SMILES string of the molecule is CCC(NCCNC(C)=O)c1ccc(O)cc1. The summed E-state index contributed by atoms with van der Waals surface area (Å²) in [5.41, 5.74) is 1.15.